The molecular weight excluding hydrogens is 404 g/mol. The number of aromatic nitrogens is 1. The summed E-state index contributed by atoms with van der Waals surface area (Å²) in [6, 6.07) is 4.25. The third kappa shape index (κ3) is 5.91. The molecular formula is C24H38N6O2. The van der Waals surface area contributed by atoms with E-state index in [9.17, 15) is 4.79 Å². The number of anilines is 1. The molecule has 3 aliphatic rings. The molecule has 1 N–H and O–H groups in total. The quantitative estimate of drug-likeness (QED) is 0.557. The van der Waals surface area contributed by atoms with Crippen molar-refractivity contribution in [1.82, 2.24) is 20.1 Å². The zero-order chi connectivity index (χ0) is 22.2. The van der Waals surface area contributed by atoms with Gasteiger partial charge in [-0.1, -0.05) is 12.8 Å². The summed E-state index contributed by atoms with van der Waals surface area (Å²) in [5.74, 6) is 2.15. The number of hydrogen-bond acceptors (Lipinski definition) is 5. The number of nitrogens with one attached hydrogen (secondary N) is 1. The molecule has 32 heavy (non-hydrogen) atoms. The lowest BCUT2D eigenvalue weighted by Crippen LogP contribution is -2.55. The summed E-state index contributed by atoms with van der Waals surface area (Å²) in [7, 11) is 0. The van der Waals surface area contributed by atoms with Crippen LogP contribution in [0, 0.1) is 0 Å². The van der Waals surface area contributed by atoms with Crippen LogP contribution >= 0.6 is 0 Å². The van der Waals surface area contributed by atoms with Crippen LogP contribution in [0.3, 0.4) is 0 Å². The first-order valence-corrected chi connectivity index (χ1v) is 12.4. The number of ether oxygens (including phenoxy) is 1. The Kier molecular flexibility index (Phi) is 8.20. The Balaban J connectivity index is 1.35. The molecule has 3 fully saturated rings. The van der Waals surface area contributed by atoms with Crippen molar-refractivity contribution in [2.45, 2.75) is 58.1 Å². The van der Waals surface area contributed by atoms with E-state index in [2.05, 4.69) is 39.2 Å². The van der Waals surface area contributed by atoms with Crippen molar-refractivity contribution in [2.75, 3.05) is 57.3 Å². The van der Waals surface area contributed by atoms with E-state index < -0.39 is 0 Å². The van der Waals surface area contributed by atoms with Crippen LogP contribution < -0.4 is 10.2 Å². The van der Waals surface area contributed by atoms with Gasteiger partial charge in [-0.3, -0.25) is 4.79 Å². The Labute approximate surface area is 192 Å². The second kappa shape index (κ2) is 11.5. The highest BCUT2D eigenvalue weighted by molar-refractivity contribution is 5.82. The highest BCUT2D eigenvalue weighted by atomic mass is 16.5. The molecule has 1 atom stereocenters. The molecule has 3 aliphatic heterocycles. The SMILES string of the molecule is CCNC(=NCc1ccnc(N2CCCCCC2)c1)N1CCN(C(=O)C2CCCO2)CC1. The van der Waals surface area contributed by atoms with Gasteiger partial charge in [-0.15, -0.1) is 0 Å². The molecule has 1 amide bonds. The average molecular weight is 443 g/mol. The Bertz CT molecular complexity index is 764. The molecule has 0 bridgehead atoms. The maximum absolute atomic E-state index is 12.6. The first kappa shape index (κ1) is 22.8. The molecule has 3 saturated heterocycles. The maximum atomic E-state index is 12.6. The highest BCUT2D eigenvalue weighted by Gasteiger charge is 2.30. The van der Waals surface area contributed by atoms with E-state index in [0.29, 0.717) is 13.2 Å². The van der Waals surface area contributed by atoms with E-state index in [4.69, 9.17) is 9.73 Å². The van der Waals surface area contributed by atoms with Gasteiger partial charge in [-0.25, -0.2) is 9.98 Å². The molecule has 1 aromatic heterocycles. The van der Waals surface area contributed by atoms with Crippen LogP contribution in [0.15, 0.2) is 23.3 Å². The van der Waals surface area contributed by atoms with E-state index in [0.717, 1.165) is 70.4 Å². The minimum absolute atomic E-state index is 0.155. The van der Waals surface area contributed by atoms with Crippen molar-refractivity contribution < 1.29 is 9.53 Å². The predicted molar refractivity (Wildman–Crippen MR) is 127 cm³/mol. The molecule has 4 heterocycles. The number of nitrogens with zero attached hydrogens (tertiary/aromatic N) is 5. The van der Waals surface area contributed by atoms with Crippen molar-refractivity contribution in [3.8, 4) is 0 Å². The molecule has 176 valence electrons. The molecule has 4 rings (SSSR count). The molecule has 0 saturated carbocycles. The Morgan fingerprint density at radius 1 is 1.09 bits per heavy atom. The largest absolute Gasteiger partial charge is 0.368 e. The van der Waals surface area contributed by atoms with Crippen molar-refractivity contribution in [3.63, 3.8) is 0 Å². The van der Waals surface area contributed by atoms with Gasteiger partial charge in [0.25, 0.3) is 5.91 Å². The van der Waals surface area contributed by atoms with Crippen LogP contribution in [-0.2, 0) is 16.1 Å². The first-order valence-electron chi connectivity index (χ1n) is 12.4. The third-order valence-corrected chi connectivity index (χ3v) is 6.58. The number of piperazine rings is 1. The third-order valence-electron chi connectivity index (χ3n) is 6.58. The van der Waals surface area contributed by atoms with Gasteiger partial charge in [-0.05, 0) is 50.3 Å². The summed E-state index contributed by atoms with van der Waals surface area (Å²) in [5, 5.41) is 3.43. The van der Waals surface area contributed by atoms with Gasteiger partial charge in [0.15, 0.2) is 5.96 Å². The second-order valence-electron chi connectivity index (χ2n) is 8.91. The van der Waals surface area contributed by atoms with Gasteiger partial charge in [0.1, 0.15) is 11.9 Å². The molecule has 0 spiro atoms. The maximum Gasteiger partial charge on any atom is 0.251 e. The summed E-state index contributed by atoms with van der Waals surface area (Å²) < 4.78 is 5.58. The fourth-order valence-electron chi connectivity index (χ4n) is 4.74. The zero-order valence-corrected chi connectivity index (χ0v) is 19.5. The number of amides is 1. The molecule has 0 aliphatic carbocycles. The zero-order valence-electron chi connectivity index (χ0n) is 19.5. The van der Waals surface area contributed by atoms with Crippen LogP contribution in [0.25, 0.3) is 0 Å². The number of rotatable bonds is 5. The van der Waals surface area contributed by atoms with Crippen LogP contribution in [0.4, 0.5) is 5.82 Å². The summed E-state index contributed by atoms with van der Waals surface area (Å²) >= 11 is 0. The van der Waals surface area contributed by atoms with Gasteiger partial charge in [0.05, 0.1) is 6.54 Å². The summed E-state index contributed by atoms with van der Waals surface area (Å²) in [6.45, 7) is 9.46. The van der Waals surface area contributed by atoms with E-state index in [1.807, 2.05) is 11.1 Å². The van der Waals surface area contributed by atoms with Gasteiger partial charge in [0.2, 0.25) is 0 Å². The van der Waals surface area contributed by atoms with Gasteiger partial charge < -0.3 is 24.8 Å². The first-order chi connectivity index (χ1) is 15.7. The Morgan fingerprint density at radius 3 is 2.53 bits per heavy atom. The number of pyridine rings is 1. The van der Waals surface area contributed by atoms with Crippen molar-refractivity contribution in [1.29, 1.82) is 0 Å². The van der Waals surface area contributed by atoms with Gasteiger partial charge in [-0.2, -0.15) is 0 Å². The topological polar surface area (TPSA) is 73.3 Å². The number of carbonyl (C=O) groups is 1. The standard InChI is InChI=1S/C24H38N6O2/c1-2-25-24(30-15-13-29(14-16-30)23(31)21-8-7-17-32-21)27-19-20-9-10-26-22(18-20)28-11-5-3-4-6-12-28/h9-10,18,21H,2-8,11-17,19H2,1H3,(H,25,27). The fourth-order valence-corrected chi connectivity index (χ4v) is 4.74. The monoisotopic (exact) mass is 442 g/mol. The highest BCUT2D eigenvalue weighted by Crippen LogP contribution is 2.19. The molecule has 1 unspecified atom stereocenters. The number of aliphatic imine (C=N–C) groups is 1. The van der Waals surface area contributed by atoms with Crippen molar-refractivity contribution in [3.05, 3.63) is 23.9 Å². The molecule has 8 nitrogen and oxygen atoms in total. The second-order valence-corrected chi connectivity index (χ2v) is 8.91. The molecule has 1 aromatic rings. The lowest BCUT2D eigenvalue weighted by molar-refractivity contribution is -0.142. The van der Waals surface area contributed by atoms with Crippen molar-refractivity contribution >= 4 is 17.7 Å². The van der Waals surface area contributed by atoms with Crippen LogP contribution in [0.5, 0.6) is 0 Å². The number of guanidine groups is 1. The van der Waals surface area contributed by atoms with Crippen molar-refractivity contribution in [2.24, 2.45) is 4.99 Å². The van der Waals surface area contributed by atoms with Crippen LogP contribution in [0.1, 0.15) is 51.0 Å². The predicted octanol–water partition coefficient (Wildman–Crippen LogP) is 2.25. The molecule has 0 radical (unpaired) electrons. The van der Waals surface area contributed by atoms with E-state index in [1.165, 1.54) is 31.2 Å². The van der Waals surface area contributed by atoms with Crippen LogP contribution in [-0.4, -0.2) is 85.2 Å². The van der Waals surface area contributed by atoms with E-state index in [1.54, 1.807) is 0 Å². The number of hydrogen-bond donors (Lipinski definition) is 1. The summed E-state index contributed by atoms with van der Waals surface area (Å²) in [4.78, 5) is 28.8. The van der Waals surface area contributed by atoms with Crippen LogP contribution in [0.2, 0.25) is 0 Å². The normalized spacial score (nSPS) is 22.7. The van der Waals surface area contributed by atoms with Gasteiger partial charge >= 0.3 is 0 Å². The fraction of sp³-hybridized carbons (Fsp3) is 0.708. The summed E-state index contributed by atoms with van der Waals surface area (Å²) in [6.07, 6.45) is 8.65. The lowest BCUT2D eigenvalue weighted by atomic mass is 10.2. The molecule has 0 aromatic carbocycles. The minimum Gasteiger partial charge on any atom is -0.368 e. The average Bonchev–Trinajstić information content (AvgIpc) is 3.24. The van der Waals surface area contributed by atoms with E-state index in [-0.39, 0.29) is 12.0 Å². The minimum atomic E-state index is -0.228. The molecule has 8 heteroatoms. The Hall–Kier alpha value is -2.35. The number of carbonyl (C=O) groups excluding carboxylic acids is 1. The summed E-state index contributed by atoms with van der Waals surface area (Å²) in [5.41, 5.74) is 1.18. The smallest absolute Gasteiger partial charge is 0.251 e. The van der Waals surface area contributed by atoms with Gasteiger partial charge in [0, 0.05) is 58.6 Å². The van der Waals surface area contributed by atoms with E-state index >= 15 is 0 Å². The Morgan fingerprint density at radius 2 is 1.84 bits per heavy atom. The lowest BCUT2D eigenvalue weighted by Gasteiger charge is -2.37.